The minimum Gasteiger partial charge on any atom is -0.493 e. The Morgan fingerprint density at radius 3 is 2.38 bits per heavy atom. The molecular weight excluding hydrogens is 407 g/mol. The lowest BCUT2D eigenvalue weighted by atomic mass is 10.2. The van der Waals surface area contributed by atoms with Gasteiger partial charge in [-0.05, 0) is 46.9 Å². The van der Waals surface area contributed by atoms with Crippen LogP contribution in [0.4, 0.5) is 0 Å². The highest BCUT2D eigenvalue weighted by Gasteiger charge is 2.21. The molecule has 0 saturated carbocycles. The van der Waals surface area contributed by atoms with Crippen LogP contribution in [0.1, 0.15) is 10.4 Å². The summed E-state index contributed by atoms with van der Waals surface area (Å²) in [6.07, 6.45) is 0.653. The first kappa shape index (κ1) is 15.8. The maximum Gasteiger partial charge on any atom is 0.339 e. The fraction of sp³-hybridized carbons (Fsp3) is 0.0714. The molecule has 0 spiro atoms. The van der Waals surface area contributed by atoms with Crippen molar-refractivity contribution in [3.8, 4) is 11.5 Å². The Morgan fingerprint density at radius 1 is 1.14 bits per heavy atom. The number of rotatable bonds is 5. The molecule has 0 unspecified atom stereocenters. The molecular formula is C14H11IO5S. The van der Waals surface area contributed by atoms with E-state index >= 15 is 0 Å². The summed E-state index contributed by atoms with van der Waals surface area (Å²) in [5.41, 5.74) is 0.376. The topological polar surface area (TPSA) is 69.7 Å². The van der Waals surface area contributed by atoms with Crippen molar-refractivity contribution in [2.75, 3.05) is 7.11 Å². The Bertz CT molecular complexity index is 756. The molecule has 0 radical (unpaired) electrons. The highest BCUT2D eigenvalue weighted by atomic mass is 127. The van der Waals surface area contributed by atoms with E-state index in [2.05, 4.69) is 0 Å². The van der Waals surface area contributed by atoms with Crippen molar-refractivity contribution in [2.45, 2.75) is 4.90 Å². The van der Waals surface area contributed by atoms with Crippen molar-refractivity contribution in [1.82, 2.24) is 0 Å². The molecule has 7 heteroatoms. The molecule has 0 aliphatic heterocycles. The zero-order valence-corrected chi connectivity index (χ0v) is 13.9. The Labute approximate surface area is 136 Å². The van der Waals surface area contributed by atoms with E-state index in [0.29, 0.717) is 15.4 Å². The molecule has 0 aliphatic rings. The van der Waals surface area contributed by atoms with Crippen LogP contribution in [-0.2, 0) is 10.1 Å². The van der Waals surface area contributed by atoms with Gasteiger partial charge in [0.15, 0.2) is 11.5 Å². The van der Waals surface area contributed by atoms with Gasteiger partial charge in [0.25, 0.3) is 0 Å². The summed E-state index contributed by atoms with van der Waals surface area (Å²) in [6, 6.07) is 10.7. The average molecular weight is 418 g/mol. The summed E-state index contributed by atoms with van der Waals surface area (Å²) in [5, 5.41) is 0. The first-order chi connectivity index (χ1) is 9.97. The molecule has 0 fully saturated rings. The minimum absolute atomic E-state index is 0.0438. The number of aldehydes is 1. The van der Waals surface area contributed by atoms with E-state index in [0.717, 1.165) is 0 Å². The molecule has 5 nitrogen and oxygen atoms in total. The maximum absolute atomic E-state index is 12.2. The first-order valence-corrected chi connectivity index (χ1v) is 8.29. The molecule has 110 valence electrons. The number of carbonyl (C=O) groups is 1. The molecule has 0 amide bonds. The molecule has 0 bridgehead atoms. The highest BCUT2D eigenvalue weighted by molar-refractivity contribution is 14.1. The molecule has 2 aromatic carbocycles. The molecule has 2 rings (SSSR count). The lowest BCUT2D eigenvalue weighted by Gasteiger charge is -2.13. The van der Waals surface area contributed by atoms with Crippen LogP contribution in [0.5, 0.6) is 11.5 Å². The van der Waals surface area contributed by atoms with Gasteiger partial charge < -0.3 is 8.92 Å². The number of methoxy groups -OCH3 is 1. The second-order valence-corrected chi connectivity index (χ2v) is 6.71. The smallest absolute Gasteiger partial charge is 0.339 e. The second kappa shape index (κ2) is 6.44. The van der Waals surface area contributed by atoms with Gasteiger partial charge in [0.2, 0.25) is 0 Å². The van der Waals surface area contributed by atoms with Crippen molar-refractivity contribution in [2.24, 2.45) is 0 Å². The standard InChI is InChI=1S/C14H11IO5S/c1-19-13-8-10(9-16)7-12(15)14(13)20-21(17,18)11-5-3-2-4-6-11/h2-9H,1H3. The van der Waals surface area contributed by atoms with Crippen molar-refractivity contribution < 1.29 is 22.1 Å². The lowest BCUT2D eigenvalue weighted by molar-refractivity contribution is 0.112. The first-order valence-electron chi connectivity index (χ1n) is 5.80. The summed E-state index contributed by atoms with van der Waals surface area (Å²) < 4.78 is 35.2. The van der Waals surface area contributed by atoms with Gasteiger partial charge in [0.05, 0.1) is 10.7 Å². The Balaban J connectivity index is 2.47. The van der Waals surface area contributed by atoms with Crippen molar-refractivity contribution in [3.63, 3.8) is 0 Å². The molecule has 21 heavy (non-hydrogen) atoms. The Hall–Kier alpha value is -1.61. The summed E-state index contributed by atoms with van der Waals surface area (Å²) in [7, 11) is -2.58. The number of ether oxygens (including phenoxy) is 1. The SMILES string of the molecule is COc1cc(C=O)cc(I)c1OS(=O)(=O)c1ccccc1. The predicted octanol–water partition coefficient (Wildman–Crippen LogP) is 2.88. The summed E-state index contributed by atoms with van der Waals surface area (Å²) >= 11 is 1.89. The fourth-order valence-electron chi connectivity index (χ4n) is 1.63. The molecule has 0 saturated heterocycles. The van der Waals surface area contributed by atoms with Gasteiger partial charge in [-0.25, -0.2) is 0 Å². The molecule has 0 heterocycles. The van der Waals surface area contributed by atoms with Crippen LogP contribution >= 0.6 is 22.6 Å². The number of hydrogen-bond donors (Lipinski definition) is 0. The van der Waals surface area contributed by atoms with E-state index in [1.54, 1.807) is 18.2 Å². The van der Waals surface area contributed by atoms with Gasteiger partial charge in [0.1, 0.15) is 11.2 Å². The monoisotopic (exact) mass is 418 g/mol. The van der Waals surface area contributed by atoms with Crippen LogP contribution in [0.15, 0.2) is 47.4 Å². The zero-order chi connectivity index (χ0) is 15.5. The number of hydrogen-bond acceptors (Lipinski definition) is 5. The highest BCUT2D eigenvalue weighted by Crippen LogP contribution is 2.35. The molecule has 0 aromatic heterocycles. The van der Waals surface area contributed by atoms with Crippen molar-refractivity contribution >= 4 is 39.0 Å². The normalized spacial score (nSPS) is 11.0. The van der Waals surface area contributed by atoms with Crippen molar-refractivity contribution in [3.05, 3.63) is 51.6 Å². The van der Waals surface area contributed by atoms with Gasteiger partial charge in [-0.1, -0.05) is 18.2 Å². The van der Waals surface area contributed by atoms with Crippen molar-refractivity contribution in [1.29, 1.82) is 0 Å². The summed E-state index contributed by atoms with van der Waals surface area (Å²) in [4.78, 5) is 10.9. The Morgan fingerprint density at radius 2 is 1.81 bits per heavy atom. The van der Waals surface area contributed by atoms with Gasteiger partial charge in [-0.15, -0.1) is 0 Å². The van der Waals surface area contributed by atoms with Crippen LogP contribution in [0.25, 0.3) is 0 Å². The third kappa shape index (κ3) is 3.53. The van der Waals surface area contributed by atoms with E-state index in [9.17, 15) is 13.2 Å². The van der Waals surface area contributed by atoms with Gasteiger partial charge in [-0.3, -0.25) is 4.79 Å². The zero-order valence-electron chi connectivity index (χ0n) is 10.9. The van der Waals surface area contributed by atoms with E-state index in [1.807, 2.05) is 22.6 Å². The van der Waals surface area contributed by atoms with Crippen LogP contribution < -0.4 is 8.92 Å². The van der Waals surface area contributed by atoms with Crippen LogP contribution in [-0.4, -0.2) is 21.8 Å². The molecule has 0 N–H and O–H groups in total. The minimum atomic E-state index is -3.96. The molecule has 0 aliphatic carbocycles. The van der Waals surface area contributed by atoms with Gasteiger partial charge >= 0.3 is 10.1 Å². The van der Waals surface area contributed by atoms with E-state index in [-0.39, 0.29) is 16.4 Å². The van der Waals surface area contributed by atoms with E-state index < -0.39 is 10.1 Å². The fourth-order valence-corrected chi connectivity index (χ4v) is 3.50. The van der Waals surface area contributed by atoms with Gasteiger partial charge in [-0.2, -0.15) is 8.42 Å². The van der Waals surface area contributed by atoms with Crippen LogP contribution in [0.2, 0.25) is 0 Å². The van der Waals surface area contributed by atoms with Gasteiger partial charge in [0, 0.05) is 5.56 Å². The second-order valence-electron chi connectivity index (χ2n) is 4.00. The van der Waals surface area contributed by atoms with Crippen LogP contribution in [0, 0.1) is 3.57 Å². The van der Waals surface area contributed by atoms with E-state index in [1.165, 1.54) is 31.4 Å². The number of benzene rings is 2. The molecule has 2 aromatic rings. The number of halogens is 1. The lowest BCUT2D eigenvalue weighted by Crippen LogP contribution is -2.11. The third-order valence-electron chi connectivity index (χ3n) is 2.61. The summed E-state index contributed by atoms with van der Waals surface area (Å²) in [6.45, 7) is 0. The summed E-state index contributed by atoms with van der Waals surface area (Å²) in [5.74, 6) is 0.246. The van der Waals surface area contributed by atoms with E-state index in [4.69, 9.17) is 8.92 Å². The predicted molar refractivity (Wildman–Crippen MR) is 85.4 cm³/mol. The third-order valence-corrected chi connectivity index (χ3v) is 4.65. The maximum atomic E-state index is 12.2. The largest absolute Gasteiger partial charge is 0.493 e. The average Bonchev–Trinajstić information content (AvgIpc) is 2.49. The molecule has 0 atom stereocenters. The number of carbonyl (C=O) groups excluding carboxylic acids is 1. The Kier molecular flexibility index (Phi) is 4.84. The quantitative estimate of drug-likeness (QED) is 0.425. The van der Waals surface area contributed by atoms with Crippen LogP contribution in [0.3, 0.4) is 0 Å².